The van der Waals surface area contributed by atoms with Crippen molar-refractivity contribution in [3.63, 3.8) is 0 Å². The molecule has 0 bridgehead atoms. The van der Waals surface area contributed by atoms with Crippen LogP contribution in [0.5, 0.6) is 0 Å². The molecule has 7 heteroatoms. The molecule has 2 atom stereocenters. The zero-order valence-corrected chi connectivity index (χ0v) is 25.7. The zero-order chi connectivity index (χ0) is 21.9. The van der Waals surface area contributed by atoms with Gasteiger partial charge in [0, 0.05) is 18.6 Å². The number of nitrogens with two attached hydrogens (primary N) is 1. The molecular formula is C22H49NO3S2U. The minimum atomic E-state index is -0.181. The van der Waals surface area contributed by atoms with Crippen LogP contribution in [-0.2, 0) is 14.3 Å². The Hall–Kier alpha value is 1.59. The van der Waals surface area contributed by atoms with E-state index in [1.54, 1.807) is 7.11 Å². The molecule has 0 aromatic carbocycles. The number of hydrogen-bond donors (Lipinski definition) is 1. The SMILES string of the molecule is CC.CON.[CH2-]C(OC)C([CH2-])OCCSSCCCCCCCCCCCC.[U+2]. The molecule has 0 spiro atoms. The molecule has 0 aliphatic rings. The molecule has 0 radical (unpaired) electrons. The maximum Gasteiger partial charge on any atom is 2.00 e. The first-order valence-corrected chi connectivity index (χ1v) is 13.4. The fraction of sp³-hybridized carbons (Fsp3) is 0.909. The van der Waals surface area contributed by atoms with Crippen LogP contribution in [0.15, 0.2) is 0 Å². The Labute approximate surface area is 215 Å². The van der Waals surface area contributed by atoms with Crippen molar-refractivity contribution in [2.24, 2.45) is 5.90 Å². The molecular weight excluding hydrogens is 628 g/mol. The van der Waals surface area contributed by atoms with Crippen molar-refractivity contribution in [2.75, 3.05) is 32.3 Å². The van der Waals surface area contributed by atoms with Gasteiger partial charge in [0.25, 0.3) is 0 Å². The summed E-state index contributed by atoms with van der Waals surface area (Å²) < 4.78 is 10.6. The second kappa shape index (κ2) is 36.9. The van der Waals surface area contributed by atoms with Crippen molar-refractivity contribution < 1.29 is 45.4 Å². The van der Waals surface area contributed by atoms with Gasteiger partial charge in [-0.25, -0.2) is 5.90 Å². The van der Waals surface area contributed by atoms with Gasteiger partial charge in [0.1, 0.15) is 0 Å². The van der Waals surface area contributed by atoms with Crippen molar-refractivity contribution in [3.05, 3.63) is 13.8 Å². The second-order valence-electron chi connectivity index (χ2n) is 6.25. The number of methoxy groups -OCH3 is 1. The second-order valence-corrected chi connectivity index (χ2v) is 8.95. The molecule has 0 heterocycles. The summed E-state index contributed by atoms with van der Waals surface area (Å²) in [5, 5.41) is 0. The Morgan fingerprint density at radius 3 is 1.62 bits per heavy atom. The standard InChI is InChI=1S/C19H38O2S2.C2H6.CH5NO.U/c1-5-6-7-8-9-10-11-12-13-14-16-22-23-17-15-21-19(3)18(2)20-4;1-2;1-3-2;/h18-19H,2-3,5-17H2,1,4H3;1-2H3;2H2,1H3;/q-2;;;+2. The van der Waals surface area contributed by atoms with Crippen LogP contribution in [-0.4, -0.2) is 44.5 Å². The van der Waals surface area contributed by atoms with Crippen LogP contribution in [0.3, 0.4) is 0 Å². The van der Waals surface area contributed by atoms with Crippen molar-refractivity contribution in [1.82, 2.24) is 0 Å². The van der Waals surface area contributed by atoms with Crippen molar-refractivity contribution in [2.45, 2.75) is 97.2 Å². The van der Waals surface area contributed by atoms with Gasteiger partial charge in [0.15, 0.2) is 0 Å². The Morgan fingerprint density at radius 1 is 0.759 bits per heavy atom. The molecule has 2 unspecified atom stereocenters. The largest absolute Gasteiger partial charge is 2.00 e. The fourth-order valence-corrected chi connectivity index (χ4v) is 4.25. The summed E-state index contributed by atoms with van der Waals surface area (Å²) in [7, 11) is 6.90. The van der Waals surface area contributed by atoms with Crippen LogP contribution < -0.4 is 5.90 Å². The average molecular weight is 678 g/mol. The van der Waals surface area contributed by atoms with E-state index in [1.165, 1.54) is 77.1 Å². The van der Waals surface area contributed by atoms with E-state index >= 15 is 0 Å². The van der Waals surface area contributed by atoms with E-state index in [0.29, 0.717) is 0 Å². The predicted molar refractivity (Wildman–Crippen MR) is 131 cm³/mol. The average Bonchev–Trinajstić information content (AvgIpc) is 2.72. The first kappa shape index (κ1) is 37.9. The van der Waals surface area contributed by atoms with Crippen molar-refractivity contribution in [1.29, 1.82) is 0 Å². The fourth-order valence-electron chi connectivity index (χ4n) is 2.26. The monoisotopic (exact) mass is 677 g/mol. The number of rotatable bonds is 18. The molecule has 0 saturated carbocycles. The van der Waals surface area contributed by atoms with Crippen LogP contribution >= 0.6 is 21.6 Å². The maximum absolute atomic E-state index is 5.57. The zero-order valence-electron chi connectivity index (χ0n) is 19.9. The third kappa shape index (κ3) is 37.3. The van der Waals surface area contributed by atoms with E-state index in [1.807, 2.05) is 35.4 Å². The van der Waals surface area contributed by atoms with Gasteiger partial charge in [-0.05, 0) is 6.42 Å². The molecule has 0 amide bonds. The molecule has 0 saturated heterocycles. The Bertz CT molecular complexity index is 256. The topological polar surface area (TPSA) is 53.7 Å². The minimum absolute atomic E-state index is 0. The molecule has 4 nitrogen and oxygen atoms in total. The van der Waals surface area contributed by atoms with Gasteiger partial charge in [0.05, 0.1) is 13.7 Å². The van der Waals surface area contributed by atoms with Crippen LogP contribution in [0.25, 0.3) is 0 Å². The quantitative estimate of drug-likeness (QED) is 0.0739. The van der Waals surface area contributed by atoms with Crippen LogP contribution in [0.2, 0.25) is 0 Å². The summed E-state index contributed by atoms with van der Waals surface area (Å²) in [6.45, 7) is 14.7. The van der Waals surface area contributed by atoms with Crippen LogP contribution in [0.4, 0.5) is 0 Å². The van der Waals surface area contributed by atoms with Gasteiger partial charge in [-0.3, -0.25) is 0 Å². The summed E-state index contributed by atoms with van der Waals surface area (Å²) in [6.07, 6.45) is 13.7. The van der Waals surface area contributed by atoms with E-state index in [9.17, 15) is 0 Å². The van der Waals surface area contributed by atoms with Crippen LogP contribution in [0.1, 0.15) is 85.0 Å². The summed E-state index contributed by atoms with van der Waals surface area (Å²) >= 11 is 0. The molecule has 176 valence electrons. The van der Waals surface area contributed by atoms with E-state index in [-0.39, 0.29) is 43.3 Å². The third-order valence-electron chi connectivity index (χ3n) is 3.88. The summed E-state index contributed by atoms with van der Waals surface area (Å²) in [5.74, 6) is 6.61. The number of hydrogen-bond acceptors (Lipinski definition) is 6. The Balaban J connectivity index is -0.000000473. The predicted octanol–water partition coefficient (Wildman–Crippen LogP) is 6.89. The molecule has 0 rings (SSSR count). The van der Waals surface area contributed by atoms with E-state index in [4.69, 9.17) is 9.47 Å². The van der Waals surface area contributed by atoms with Gasteiger partial charge in [-0.15, -0.1) is 0 Å². The van der Waals surface area contributed by atoms with Crippen molar-refractivity contribution in [3.8, 4) is 0 Å². The van der Waals surface area contributed by atoms with Crippen LogP contribution in [0, 0.1) is 45.0 Å². The smallest absolute Gasteiger partial charge is 0.414 e. The molecule has 29 heavy (non-hydrogen) atoms. The number of ether oxygens (including phenoxy) is 2. The molecule has 0 aliphatic carbocycles. The third-order valence-corrected chi connectivity index (χ3v) is 6.34. The van der Waals surface area contributed by atoms with Crippen molar-refractivity contribution >= 4 is 21.6 Å². The Morgan fingerprint density at radius 2 is 1.17 bits per heavy atom. The van der Waals surface area contributed by atoms with Gasteiger partial charge >= 0.3 is 31.1 Å². The summed E-state index contributed by atoms with van der Waals surface area (Å²) in [6, 6.07) is 0. The normalized spacial score (nSPS) is 12.0. The molecule has 0 aliphatic heterocycles. The molecule has 0 fully saturated rings. The first-order valence-electron chi connectivity index (χ1n) is 10.9. The summed E-state index contributed by atoms with van der Waals surface area (Å²) in [5.41, 5.74) is 0. The first-order chi connectivity index (χ1) is 13.6. The molecule has 2 N–H and O–H groups in total. The molecule has 0 aromatic heterocycles. The summed E-state index contributed by atoms with van der Waals surface area (Å²) in [4.78, 5) is 3.75. The van der Waals surface area contributed by atoms with E-state index in [2.05, 4.69) is 31.5 Å². The van der Waals surface area contributed by atoms with Gasteiger partial charge in [0.2, 0.25) is 0 Å². The van der Waals surface area contributed by atoms with Gasteiger partial charge < -0.3 is 28.2 Å². The van der Waals surface area contributed by atoms with Gasteiger partial charge in [-0.2, -0.15) is 0 Å². The minimum Gasteiger partial charge on any atom is -0.414 e. The Kier molecular flexibility index (Phi) is 48.3. The maximum atomic E-state index is 5.57. The van der Waals surface area contributed by atoms with E-state index in [0.717, 1.165) is 12.4 Å². The van der Waals surface area contributed by atoms with E-state index < -0.39 is 0 Å². The molecule has 0 aromatic rings. The number of unbranched alkanes of at least 4 members (excludes halogenated alkanes) is 9. The van der Waals surface area contributed by atoms with Gasteiger partial charge in [-0.1, -0.05) is 112 Å².